The highest BCUT2D eigenvalue weighted by atomic mass is 79.9. The minimum atomic E-state index is -0.720. The average molecular weight is 325 g/mol. The summed E-state index contributed by atoms with van der Waals surface area (Å²) in [5.41, 5.74) is 0.234. The second-order valence-electron chi connectivity index (χ2n) is 5.64. The smallest absolute Gasteiger partial charge is 0.314 e. The number of halogens is 1. The summed E-state index contributed by atoms with van der Waals surface area (Å²) >= 11 is 3.49. The Bertz CT molecular complexity index is 504. The molecule has 0 radical (unpaired) electrons. The Balaban J connectivity index is 1.72. The van der Waals surface area contributed by atoms with Gasteiger partial charge < -0.3 is 9.84 Å². The molecule has 0 atom stereocenters. The highest BCUT2D eigenvalue weighted by Crippen LogP contribution is 2.49. The summed E-state index contributed by atoms with van der Waals surface area (Å²) in [7, 11) is 0. The SMILES string of the molecule is O=C(O)C1(c2ccc(OCC3CCC3)c(Br)c2)CC1. The first-order chi connectivity index (χ1) is 9.12. The van der Waals surface area contributed by atoms with Crippen LogP contribution in [0.1, 0.15) is 37.7 Å². The van der Waals surface area contributed by atoms with Crippen LogP contribution in [0.3, 0.4) is 0 Å². The molecule has 19 heavy (non-hydrogen) atoms. The van der Waals surface area contributed by atoms with Gasteiger partial charge in [0.2, 0.25) is 0 Å². The van der Waals surface area contributed by atoms with E-state index < -0.39 is 11.4 Å². The fourth-order valence-electron chi connectivity index (χ4n) is 2.53. The van der Waals surface area contributed by atoms with Gasteiger partial charge in [-0.1, -0.05) is 12.5 Å². The van der Waals surface area contributed by atoms with Gasteiger partial charge in [-0.3, -0.25) is 4.79 Å². The predicted octanol–water partition coefficient (Wildman–Crippen LogP) is 3.74. The van der Waals surface area contributed by atoms with Gasteiger partial charge in [-0.15, -0.1) is 0 Å². The molecule has 0 unspecified atom stereocenters. The largest absolute Gasteiger partial charge is 0.492 e. The average Bonchev–Trinajstić information content (AvgIpc) is 3.10. The molecule has 1 N–H and O–H groups in total. The van der Waals surface area contributed by atoms with Gasteiger partial charge in [0.05, 0.1) is 16.5 Å². The number of aliphatic carboxylic acids is 1. The van der Waals surface area contributed by atoms with E-state index in [2.05, 4.69) is 15.9 Å². The molecule has 2 aliphatic carbocycles. The van der Waals surface area contributed by atoms with Crippen molar-refractivity contribution in [2.75, 3.05) is 6.61 Å². The molecule has 4 heteroatoms. The van der Waals surface area contributed by atoms with Gasteiger partial charge in [0.15, 0.2) is 0 Å². The molecule has 2 aliphatic rings. The van der Waals surface area contributed by atoms with Crippen LogP contribution in [0.2, 0.25) is 0 Å². The lowest BCUT2D eigenvalue weighted by Gasteiger charge is -2.25. The van der Waals surface area contributed by atoms with Crippen molar-refractivity contribution >= 4 is 21.9 Å². The topological polar surface area (TPSA) is 46.5 Å². The maximum Gasteiger partial charge on any atom is 0.314 e. The summed E-state index contributed by atoms with van der Waals surface area (Å²) in [5.74, 6) is 0.791. The Labute approximate surface area is 121 Å². The monoisotopic (exact) mass is 324 g/mol. The fourth-order valence-corrected chi connectivity index (χ4v) is 3.03. The molecule has 0 aromatic heterocycles. The Kier molecular flexibility index (Phi) is 3.29. The van der Waals surface area contributed by atoms with E-state index in [9.17, 15) is 9.90 Å². The fraction of sp³-hybridized carbons (Fsp3) is 0.533. The van der Waals surface area contributed by atoms with Crippen molar-refractivity contribution in [3.8, 4) is 5.75 Å². The minimum Gasteiger partial charge on any atom is -0.492 e. The molecule has 2 saturated carbocycles. The van der Waals surface area contributed by atoms with Gasteiger partial charge in [-0.25, -0.2) is 0 Å². The Morgan fingerprint density at radius 1 is 1.42 bits per heavy atom. The van der Waals surface area contributed by atoms with Gasteiger partial charge >= 0.3 is 5.97 Å². The number of hydrogen-bond acceptors (Lipinski definition) is 2. The molecule has 102 valence electrons. The first-order valence-electron chi connectivity index (χ1n) is 6.78. The van der Waals surface area contributed by atoms with Crippen LogP contribution in [0, 0.1) is 5.92 Å². The van der Waals surface area contributed by atoms with E-state index in [4.69, 9.17) is 4.74 Å². The van der Waals surface area contributed by atoms with Crippen molar-refractivity contribution in [1.82, 2.24) is 0 Å². The van der Waals surface area contributed by atoms with Crippen LogP contribution in [0.5, 0.6) is 5.75 Å². The van der Waals surface area contributed by atoms with Crippen LogP contribution in [0.4, 0.5) is 0 Å². The van der Waals surface area contributed by atoms with Crippen molar-refractivity contribution in [3.63, 3.8) is 0 Å². The summed E-state index contributed by atoms with van der Waals surface area (Å²) in [6.45, 7) is 0.766. The van der Waals surface area contributed by atoms with Crippen LogP contribution in [-0.2, 0) is 10.2 Å². The molecule has 0 amide bonds. The molecule has 0 bridgehead atoms. The van der Waals surface area contributed by atoms with Crippen LogP contribution in [0.25, 0.3) is 0 Å². The van der Waals surface area contributed by atoms with Crippen LogP contribution in [0.15, 0.2) is 22.7 Å². The summed E-state index contributed by atoms with van der Waals surface area (Å²) in [6.07, 6.45) is 5.30. The third-order valence-corrected chi connectivity index (χ3v) is 4.96. The quantitative estimate of drug-likeness (QED) is 0.897. The van der Waals surface area contributed by atoms with E-state index in [1.165, 1.54) is 19.3 Å². The van der Waals surface area contributed by atoms with Crippen molar-refractivity contribution < 1.29 is 14.6 Å². The normalized spacial score (nSPS) is 20.7. The lowest BCUT2D eigenvalue weighted by atomic mass is 9.86. The number of carbonyl (C=O) groups is 1. The van der Waals surface area contributed by atoms with Gasteiger partial charge in [0.1, 0.15) is 5.75 Å². The van der Waals surface area contributed by atoms with Crippen molar-refractivity contribution in [2.45, 2.75) is 37.5 Å². The number of carboxylic acids is 1. The van der Waals surface area contributed by atoms with E-state index in [1.54, 1.807) is 0 Å². The third-order valence-electron chi connectivity index (χ3n) is 4.34. The highest BCUT2D eigenvalue weighted by Gasteiger charge is 2.51. The van der Waals surface area contributed by atoms with Crippen LogP contribution >= 0.6 is 15.9 Å². The summed E-state index contributed by atoms with van der Waals surface area (Å²) in [6, 6.07) is 5.68. The van der Waals surface area contributed by atoms with E-state index in [1.807, 2.05) is 18.2 Å². The van der Waals surface area contributed by atoms with Crippen molar-refractivity contribution in [3.05, 3.63) is 28.2 Å². The summed E-state index contributed by atoms with van der Waals surface area (Å²) in [4.78, 5) is 11.3. The second kappa shape index (κ2) is 4.82. The maximum atomic E-state index is 11.3. The van der Waals surface area contributed by atoms with Gasteiger partial charge in [-0.05, 0) is 65.2 Å². The molecule has 3 rings (SSSR count). The van der Waals surface area contributed by atoms with E-state index in [-0.39, 0.29) is 0 Å². The highest BCUT2D eigenvalue weighted by molar-refractivity contribution is 9.10. The van der Waals surface area contributed by atoms with Gasteiger partial charge in [-0.2, -0.15) is 0 Å². The molecule has 2 fully saturated rings. The molecular weight excluding hydrogens is 308 g/mol. The Morgan fingerprint density at radius 2 is 2.16 bits per heavy atom. The molecule has 0 aliphatic heterocycles. The molecule has 0 spiro atoms. The van der Waals surface area contributed by atoms with Gasteiger partial charge in [0, 0.05) is 0 Å². The zero-order valence-electron chi connectivity index (χ0n) is 10.7. The first kappa shape index (κ1) is 13.0. The summed E-state index contributed by atoms with van der Waals surface area (Å²) < 4.78 is 6.65. The third kappa shape index (κ3) is 2.38. The maximum absolute atomic E-state index is 11.3. The zero-order chi connectivity index (χ0) is 13.5. The lowest BCUT2D eigenvalue weighted by molar-refractivity contribution is -0.140. The Morgan fingerprint density at radius 3 is 2.63 bits per heavy atom. The molecule has 1 aromatic rings. The molecule has 0 heterocycles. The minimum absolute atomic E-state index is 0.644. The van der Waals surface area contributed by atoms with Crippen LogP contribution < -0.4 is 4.74 Å². The number of ether oxygens (including phenoxy) is 1. The second-order valence-corrected chi connectivity index (χ2v) is 6.49. The van der Waals surface area contributed by atoms with E-state index in [0.717, 1.165) is 35.2 Å². The molecule has 0 saturated heterocycles. The van der Waals surface area contributed by atoms with Gasteiger partial charge in [0.25, 0.3) is 0 Å². The van der Waals surface area contributed by atoms with Crippen LogP contribution in [-0.4, -0.2) is 17.7 Å². The number of rotatable bonds is 5. The first-order valence-corrected chi connectivity index (χ1v) is 7.57. The van der Waals surface area contributed by atoms with Crippen molar-refractivity contribution in [2.24, 2.45) is 5.92 Å². The zero-order valence-corrected chi connectivity index (χ0v) is 12.3. The van der Waals surface area contributed by atoms with Crippen molar-refractivity contribution in [1.29, 1.82) is 0 Å². The van der Waals surface area contributed by atoms with E-state index >= 15 is 0 Å². The summed E-state index contributed by atoms with van der Waals surface area (Å²) in [5, 5.41) is 9.29. The number of benzene rings is 1. The number of carboxylic acid groups (broad SMARTS) is 1. The standard InChI is InChI=1S/C15H17BrO3/c16-12-8-11(15(6-7-15)14(17)18)4-5-13(12)19-9-10-2-1-3-10/h4-5,8,10H,1-3,6-7,9H2,(H,17,18). The number of hydrogen-bond donors (Lipinski definition) is 1. The Hall–Kier alpha value is -1.03. The van der Waals surface area contributed by atoms with E-state index in [0.29, 0.717) is 5.92 Å². The molecular formula is C15H17BrO3. The molecule has 3 nitrogen and oxygen atoms in total. The predicted molar refractivity (Wildman–Crippen MR) is 75.5 cm³/mol. The lowest BCUT2D eigenvalue weighted by Crippen LogP contribution is -2.20. The molecule has 1 aromatic carbocycles.